The van der Waals surface area contributed by atoms with Crippen LogP contribution < -0.4 is 15.4 Å². The van der Waals surface area contributed by atoms with Gasteiger partial charge in [-0.1, -0.05) is 6.07 Å². The predicted molar refractivity (Wildman–Crippen MR) is 97.4 cm³/mol. The number of urea groups is 1. The van der Waals surface area contributed by atoms with Gasteiger partial charge in [0.05, 0.1) is 12.8 Å². The maximum Gasteiger partial charge on any atom is 0.325 e. The Morgan fingerprint density at radius 3 is 2.63 bits per heavy atom. The Hall–Kier alpha value is -3.29. The average molecular weight is 371 g/mol. The number of benzene rings is 1. The van der Waals surface area contributed by atoms with Crippen molar-refractivity contribution < 1.29 is 23.5 Å². The molecule has 8 heteroatoms. The third-order valence-corrected chi connectivity index (χ3v) is 4.44. The molecule has 4 amide bonds. The van der Waals surface area contributed by atoms with E-state index in [1.807, 2.05) is 13.0 Å². The van der Waals surface area contributed by atoms with Crippen molar-refractivity contribution in [1.82, 2.24) is 10.2 Å². The Bertz CT molecular complexity index is 920. The largest absolute Gasteiger partial charge is 0.495 e. The third kappa shape index (κ3) is 3.38. The number of ether oxygens (including phenoxy) is 1. The number of furan rings is 1. The molecule has 1 aliphatic rings. The van der Waals surface area contributed by atoms with E-state index in [0.717, 1.165) is 10.5 Å². The smallest absolute Gasteiger partial charge is 0.325 e. The maximum absolute atomic E-state index is 12.8. The standard InChI is InChI=1S/C19H21N3O5/c1-11-5-7-14(26-4)13(9-11)20-16(23)10-22-17(24)19(3,21-18(22)25)15-8-6-12(2)27-15/h5-9H,10H2,1-4H3,(H,20,23)(H,21,25)/t19-/m0/s1. The summed E-state index contributed by atoms with van der Waals surface area (Å²) in [6.45, 7) is 4.75. The molecule has 1 fully saturated rings. The fourth-order valence-electron chi connectivity index (χ4n) is 2.96. The topological polar surface area (TPSA) is 101 Å². The van der Waals surface area contributed by atoms with Crippen LogP contribution in [0.4, 0.5) is 10.5 Å². The van der Waals surface area contributed by atoms with E-state index in [2.05, 4.69) is 10.6 Å². The molecule has 0 unspecified atom stereocenters. The van der Waals surface area contributed by atoms with Gasteiger partial charge in [-0.05, 0) is 50.6 Å². The molecule has 142 valence electrons. The molecule has 1 aromatic carbocycles. The minimum atomic E-state index is -1.34. The van der Waals surface area contributed by atoms with Gasteiger partial charge in [0.25, 0.3) is 5.91 Å². The van der Waals surface area contributed by atoms with Crippen molar-refractivity contribution in [2.45, 2.75) is 26.3 Å². The van der Waals surface area contributed by atoms with Gasteiger partial charge in [0.1, 0.15) is 23.8 Å². The van der Waals surface area contributed by atoms with Gasteiger partial charge >= 0.3 is 6.03 Å². The van der Waals surface area contributed by atoms with Crippen LogP contribution in [0.5, 0.6) is 5.75 Å². The van der Waals surface area contributed by atoms with Gasteiger partial charge in [0.15, 0.2) is 5.54 Å². The fraction of sp³-hybridized carbons (Fsp3) is 0.316. The molecule has 1 aromatic heterocycles. The lowest BCUT2D eigenvalue weighted by Gasteiger charge is -2.19. The van der Waals surface area contributed by atoms with Crippen LogP contribution in [0, 0.1) is 13.8 Å². The summed E-state index contributed by atoms with van der Waals surface area (Å²) in [5, 5.41) is 5.28. The number of anilines is 1. The summed E-state index contributed by atoms with van der Waals surface area (Å²) in [5.74, 6) is 0.371. The van der Waals surface area contributed by atoms with Gasteiger partial charge in [-0.2, -0.15) is 0 Å². The first kappa shape index (κ1) is 18.5. The lowest BCUT2D eigenvalue weighted by molar-refractivity contribution is -0.134. The van der Waals surface area contributed by atoms with Gasteiger partial charge in [-0.25, -0.2) is 4.79 Å². The molecule has 1 aliphatic heterocycles. The lowest BCUT2D eigenvalue weighted by atomic mass is 9.99. The SMILES string of the molecule is COc1ccc(C)cc1NC(=O)CN1C(=O)N[C@@](C)(c2ccc(C)o2)C1=O. The maximum atomic E-state index is 12.8. The van der Waals surface area contributed by atoms with E-state index in [-0.39, 0.29) is 0 Å². The number of amides is 4. The number of aryl methyl sites for hydroxylation is 2. The van der Waals surface area contributed by atoms with Crippen LogP contribution in [0.1, 0.15) is 24.0 Å². The summed E-state index contributed by atoms with van der Waals surface area (Å²) in [6, 6.07) is 8.02. The molecule has 0 radical (unpaired) electrons. The molecule has 2 aromatic rings. The normalized spacial score (nSPS) is 19.2. The fourth-order valence-corrected chi connectivity index (χ4v) is 2.96. The molecule has 0 saturated carbocycles. The number of nitrogens with zero attached hydrogens (tertiary/aromatic N) is 1. The Labute approximate surface area is 156 Å². The predicted octanol–water partition coefficient (Wildman–Crippen LogP) is 2.31. The molecular weight excluding hydrogens is 350 g/mol. The first-order chi connectivity index (χ1) is 12.7. The second-order valence-electron chi connectivity index (χ2n) is 6.61. The number of carbonyl (C=O) groups is 3. The van der Waals surface area contributed by atoms with Gasteiger partial charge < -0.3 is 19.8 Å². The van der Waals surface area contributed by atoms with Crippen LogP contribution in [0.25, 0.3) is 0 Å². The minimum absolute atomic E-state index is 0.321. The van der Waals surface area contributed by atoms with Crippen molar-refractivity contribution in [3.8, 4) is 5.75 Å². The van der Waals surface area contributed by atoms with Gasteiger partial charge in [0.2, 0.25) is 5.91 Å². The van der Waals surface area contributed by atoms with Crippen molar-refractivity contribution in [1.29, 1.82) is 0 Å². The van der Waals surface area contributed by atoms with Gasteiger partial charge in [-0.3, -0.25) is 14.5 Å². The first-order valence-electron chi connectivity index (χ1n) is 8.40. The monoisotopic (exact) mass is 371 g/mol. The quantitative estimate of drug-likeness (QED) is 0.786. The molecule has 3 rings (SSSR count). The Morgan fingerprint density at radius 1 is 1.26 bits per heavy atom. The summed E-state index contributed by atoms with van der Waals surface area (Å²) >= 11 is 0. The summed E-state index contributed by atoms with van der Waals surface area (Å²) < 4.78 is 10.7. The number of nitrogens with one attached hydrogen (secondary N) is 2. The number of hydrogen-bond donors (Lipinski definition) is 2. The first-order valence-corrected chi connectivity index (χ1v) is 8.40. The summed E-state index contributed by atoms with van der Waals surface area (Å²) in [5.41, 5.74) is 0.0629. The Kier molecular flexibility index (Phi) is 4.65. The van der Waals surface area contributed by atoms with E-state index in [4.69, 9.17) is 9.15 Å². The van der Waals surface area contributed by atoms with Crippen LogP contribution >= 0.6 is 0 Å². The molecule has 1 atom stereocenters. The van der Waals surface area contributed by atoms with Gasteiger partial charge in [-0.15, -0.1) is 0 Å². The van der Waals surface area contributed by atoms with Gasteiger partial charge in [0, 0.05) is 0 Å². The highest BCUT2D eigenvalue weighted by atomic mass is 16.5. The highest BCUT2D eigenvalue weighted by molar-refractivity contribution is 6.10. The van der Waals surface area contributed by atoms with Crippen molar-refractivity contribution in [2.75, 3.05) is 19.0 Å². The minimum Gasteiger partial charge on any atom is -0.495 e. The molecule has 2 heterocycles. The second kappa shape index (κ2) is 6.79. The van der Waals surface area contributed by atoms with E-state index in [1.165, 1.54) is 7.11 Å². The number of rotatable bonds is 5. The van der Waals surface area contributed by atoms with Crippen LogP contribution in [0.3, 0.4) is 0 Å². The number of methoxy groups -OCH3 is 1. The lowest BCUT2D eigenvalue weighted by Crippen LogP contribution is -2.41. The molecule has 0 aliphatic carbocycles. The number of imide groups is 1. The second-order valence-corrected chi connectivity index (χ2v) is 6.61. The zero-order valence-electron chi connectivity index (χ0n) is 15.6. The molecule has 2 N–H and O–H groups in total. The Morgan fingerprint density at radius 2 is 2.00 bits per heavy atom. The highest BCUT2D eigenvalue weighted by Gasteiger charge is 2.51. The summed E-state index contributed by atoms with van der Waals surface area (Å²) in [6.07, 6.45) is 0. The average Bonchev–Trinajstić information content (AvgIpc) is 3.13. The molecular formula is C19H21N3O5. The van der Waals surface area contributed by atoms with Crippen LogP contribution in [0.15, 0.2) is 34.7 Å². The highest BCUT2D eigenvalue weighted by Crippen LogP contribution is 2.30. The Balaban J connectivity index is 1.76. The van der Waals surface area contributed by atoms with E-state index < -0.39 is 29.9 Å². The third-order valence-electron chi connectivity index (χ3n) is 4.44. The van der Waals surface area contributed by atoms with Crippen LogP contribution in [-0.4, -0.2) is 36.4 Å². The van der Waals surface area contributed by atoms with Crippen molar-refractivity contribution >= 4 is 23.5 Å². The van der Waals surface area contributed by atoms with Crippen molar-refractivity contribution in [3.63, 3.8) is 0 Å². The van der Waals surface area contributed by atoms with E-state index in [0.29, 0.717) is 23.0 Å². The number of carbonyl (C=O) groups excluding carboxylic acids is 3. The zero-order chi connectivity index (χ0) is 19.8. The molecule has 0 bridgehead atoms. The van der Waals surface area contributed by atoms with Crippen molar-refractivity contribution in [3.05, 3.63) is 47.4 Å². The van der Waals surface area contributed by atoms with E-state index in [9.17, 15) is 14.4 Å². The van der Waals surface area contributed by atoms with Crippen LogP contribution in [0.2, 0.25) is 0 Å². The van der Waals surface area contributed by atoms with E-state index in [1.54, 1.807) is 38.1 Å². The zero-order valence-corrected chi connectivity index (χ0v) is 15.6. The number of hydrogen-bond acceptors (Lipinski definition) is 5. The summed E-state index contributed by atoms with van der Waals surface area (Å²) in [7, 11) is 1.49. The summed E-state index contributed by atoms with van der Waals surface area (Å²) in [4.78, 5) is 38.4. The van der Waals surface area contributed by atoms with E-state index >= 15 is 0 Å². The molecule has 1 saturated heterocycles. The molecule has 0 spiro atoms. The molecule has 8 nitrogen and oxygen atoms in total. The molecule has 27 heavy (non-hydrogen) atoms. The van der Waals surface area contributed by atoms with Crippen LogP contribution in [-0.2, 0) is 15.1 Å². The van der Waals surface area contributed by atoms with Crippen molar-refractivity contribution in [2.24, 2.45) is 0 Å².